The Morgan fingerprint density at radius 2 is 2.00 bits per heavy atom. The molecule has 4 nitrogen and oxygen atoms in total. The predicted molar refractivity (Wildman–Crippen MR) is 73.7 cm³/mol. The van der Waals surface area contributed by atoms with Gasteiger partial charge in [0.05, 0.1) is 6.61 Å². The van der Waals surface area contributed by atoms with Crippen molar-refractivity contribution in [2.75, 3.05) is 32.6 Å². The monoisotopic (exact) mass is 249 g/mol. The second-order valence-corrected chi connectivity index (χ2v) is 5.51. The first-order chi connectivity index (χ1) is 8.57. The van der Waals surface area contributed by atoms with E-state index in [0.717, 1.165) is 17.9 Å². The average molecular weight is 249 g/mol. The zero-order valence-corrected chi connectivity index (χ0v) is 11.6. The molecule has 1 aliphatic carbocycles. The van der Waals surface area contributed by atoms with Gasteiger partial charge in [-0.15, -0.1) is 0 Å². The number of aromatic nitrogens is 1. The van der Waals surface area contributed by atoms with Crippen molar-refractivity contribution in [1.29, 1.82) is 0 Å². The van der Waals surface area contributed by atoms with Gasteiger partial charge >= 0.3 is 0 Å². The summed E-state index contributed by atoms with van der Waals surface area (Å²) in [7, 11) is 6.41. The summed E-state index contributed by atoms with van der Waals surface area (Å²) in [6, 6.07) is 3.91. The van der Waals surface area contributed by atoms with Gasteiger partial charge in [-0.25, -0.2) is 4.98 Å². The Morgan fingerprint density at radius 1 is 1.28 bits per heavy atom. The molecule has 0 radical (unpaired) electrons. The van der Waals surface area contributed by atoms with Crippen LogP contribution in [0, 0.1) is 0 Å². The van der Waals surface area contributed by atoms with Crippen molar-refractivity contribution in [3.05, 3.63) is 23.9 Å². The molecule has 0 atom stereocenters. The van der Waals surface area contributed by atoms with E-state index < -0.39 is 0 Å². The maximum absolute atomic E-state index is 9.01. The lowest BCUT2D eigenvalue weighted by atomic mass is 9.75. The lowest BCUT2D eigenvalue weighted by Crippen LogP contribution is -2.56. The third kappa shape index (κ3) is 2.49. The van der Waals surface area contributed by atoms with Gasteiger partial charge in [0.15, 0.2) is 0 Å². The number of likely N-dealkylation sites (N-methyl/N-ethyl adjacent to an activating group) is 2. The first-order valence-electron chi connectivity index (χ1n) is 6.52. The molecule has 1 aromatic heterocycles. The number of hydrogen-bond acceptors (Lipinski definition) is 4. The van der Waals surface area contributed by atoms with E-state index in [1.54, 1.807) is 6.20 Å². The Morgan fingerprint density at radius 3 is 2.39 bits per heavy atom. The van der Waals surface area contributed by atoms with Crippen LogP contribution < -0.4 is 4.90 Å². The van der Waals surface area contributed by atoms with Crippen molar-refractivity contribution in [2.24, 2.45) is 0 Å². The lowest BCUT2D eigenvalue weighted by molar-refractivity contribution is 0.0682. The van der Waals surface area contributed by atoms with Crippen molar-refractivity contribution in [1.82, 2.24) is 9.88 Å². The molecule has 1 saturated carbocycles. The molecule has 1 N–H and O–H groups in total. The molecule has 0 spiro atoms. The van der Waals surface area contributed by atoms with E-state index in [0.29, 0.717) is 5.54 Å². The van der Waals surface area contributed by atoms with E-state index in [1.807, 2.05) is 12.1 Å². The largest absolute Gasteiger partial charge is 0.392 e. The molecule has 0 bridgehead atoms. The highest BCUT2D eigenvalue weighted by molar-refractivity contribution is 5.39. The van der Waals surface area contributed by atoms with E-state index in [-0.39, 0.29) is 6.61 Å². The lowest BCUT2D eigenvalue weighted by Gasteiger charge is -2.49. The minimum Gasteiger partial charge on any atom is -0.392 e. The molecule has 18 heavy (non-hydrogen) atoms. The highest BCUT2D eigenvalue weighted by Crippen LogP contribution is 2.37. The molecule has 0 saturated heterocycles. The molecule has 4 heteroatoms. The third-order valence-electron chi connectivity index (χ3n) is 4.15. The number of hydrogen-bond donors (Lipinski definition) is 1. The van der Waals surface area contributed by atoms with E-state index in [1.165, 1.54) is 19.3 Å². The van der Waals surface area contributed by atoms with Crippen molar-refractivity contribution < 1.29 is 5.11 Å². The van der Waals surface area contributed by atoms with Crippen molar-refractivity contribution >= 4 is 5.82 Å². The van der Waals surface area contributed by atoms with Gasteiger partial charge < -0.3 is 14.9 Å². The molecular formula is C14H23N3O. The molecule has 0 unspecified atom stereocenters. The van der Waals surface area contributed by atoms with Crippen LogP contribution in [0.5, 0.6) is 0 Å². The second-order valence-electron chi connectivity index (χ2n) is 5.51. The van der Waals surface area contributed by atoms with Gasteiger partial charge in [0, 0.05) is 25.3 Å². The van der Waals surface area contributed by atoms with E-state index in [9.17, 15) is 0 Å². The van der Waals surface area contributed by atoms with Crippen LogP contribution in [0.4, 0.5) is 5.82 Å². The van der Waals surface area contributed by atoms with Gasteiger partial charge in [0.2, 0.25) is 0 Å². The molecule has 0 amide bonds. The maximum atomic E-state index is 9.01. The van der Waals surface area contributed by atoms with Crippen LogP contribution >= 0.6 is 0 Å². The van der Waals surface area contributed by atoms with Crippen LogP contribution in [-0.2, 0) is 6.61 Å². The quantitative estimate of drug-likeness (QED) is 0.858. The first kappa shape index (κ1) is 13.3. The number of nitrogens with zero attached hydrogens (tertiary/aromatic N) is 3. The van der Waals surface area contributed by atoms with Gasteiger partial charge in [-0.2, -0.15) is 0 Å². The Bertz CT molecular complexity index is 385. The molecule has 0 aromatic carbocycles. The number of pyridine rings is 1. The van der Waals surface area contributed by atoms with Crippen molar-refractivity contribution in [3.8, 4) is 0 Å². The highest BCUT2D eigenvalue weighted by Gasteiger charge is 2.40. The topological polar surface area (TPSA) is 39.6 Å². The summed E-state index contributed by atoms with van der Waals surface area (Å²) < 4.78 is 0. The summed E-state index contributed by atoms with van der Waals surface area (Å²) >= 11 is 0. The first-order valence-corrected chi connectivity index (χ1v) is 6.52. The number of anilines is 1. The molecule has 2 rings (SSSR count). The van der Waals surface area contributed by atoms with Crippen molar-refractivity contribution in [3.63, 3.8) is 0 Å². The van der Waals surface area contributed by atoms with Gasteiger partial charge in [0.1, 0.15) is 5.82 Å². The smallest absolute Gasteiger partial charge is 0.128 e. The van der Waals surface area contributed by atoms with E-state index >= 15 is 0 Å². The highest BCUT2D eigenvalue weighted by atomic mass is 16.3. The summed E-state index contributed by atoms with van der Waals surface area (Å²) in [4.78, 5) is 8.95. The number of aliphatic hydroxyl groups excluding tert-OH is 1. The van der Waals surface area contributed by atoms with Gasteiger partial charge in [-0.1, -0.05) is 6.07 Å². The predicted octanol–water partition coefficient (Wildman–Crippen LogP) is 1.49. The summed E-state index contributed by atoms with van der Waals surface area (Å²) in [5, 5.41) is 9.01. The summed E-state index contributed by atoms with van der Waals surface area (Å²) in [6.07, 6.45) is 5.59. The fourth-order valence-corrected chi connectivity index (χ4v) is 2.59. The van der Waals surface area contributed by atoms with Crippen LogP contribution in [0.2, 0.25) is 0 Å². The Balaban J connectivity index is 2.04. The van der Waals surface area contributed by atoms with E-state index in [2.05, 4.69) is 35.9 Å². The van der Waals surface area contributed by atoms with Crippen LogP contribution in [0.25, 0.3) is 0 Å². The van der Waals surface area contributed by atoms with Crippen LogP contribution in [0.1, 0.15) is 24.8 Å². The Labute approximate surface area is 109 Å². The van der Waals surface area contributed by atoms with Crippen LogP contribution in [-0.4, -0.2) is 48.2 Å². The van der Waals surface area contributed by atoms with Gasteiger partial charge in [-0.3, -0.25) is 0 Å². The standard InChI is InChI=1S/C14H23N3O/c1-16(2)14(7-4-8-14)11-17(3)13-6-5-12(10-18)9-15-13/h5-6,9,18H,4,7-8,10-11H2,1-3H3. The molecule has 0 aliphatic heterocycles. The average Bonchev–Trinajstić information content (AvgIpc) is 2.33. The maximum Gasteiger partial charge on any atom is 0.128 e. The summed E-state index contributed by atoms with van der Waals surface area (Å²) in [5.74, 6) is 0.973. The van der Waals surface area contributed by atoms with Gasteiger partial charge in [0.25, 0.3) is 0 Å². The third-order valence-corrected chi connectivity index (χ3v) is 4.15. The summed E-state index contributed by atoms with van der Waals surface area (Å²) in [5.41, 5.74) is 1.17. The molecule has 1 aliphatic rings. The Hall–Kier alpha value is -1.13. The zero-order valence-electron chi connectivity index (χ0n) is 11.6. The van der Waals surface area contributed by atoms with E-state index in [4.69, 9.17) is 5.11 Å². The minimum absolute atomic E-state index is 0.0542. The fraction of sp³-hybridized carbons (Fsp3) is 0.643. The molecule has 100 valence electrons. The SMILES string of the molecule is CN(CC1(N(C)C)CCC1)c1ccc(CO)cn1. The number of aliphatic hydroxyl groups is 1. The zero-order chi connectivity index (χ0) is 13.2. The number of rotatable bonds is 5. The molecule has 1 aromatic rings. The molecule has 1 heterocycles. The minimum atomic E-state index is 0.0542. The van der Waals surface area contributed by atoms with Crippen molar-refractivity contribution in [2.45, 2.75) is 31.4 Å². The normalized spacial score (nSPS) is 17.6. The summed E-state index contributed by atoms with van der Waals surface area (Å²) in [6.45, 7) is 1.06. The molecular weight excluding hydrogens is 226 g/mol. The van der Waals surface area contributed by atoms with Crippen LogP contribution in [0.3, 0.4) is 0 Å². The molecule has 1 fully saturated rings. The Kier molecular flexibility index (Phi) is 3.88. The second kappa shape index (κ2) is 5.24. The van der Waals surface area contributed by atoms with Gasteiger partial charge in [-0.05, 0) is 45.0 Å². The fourth-order valence-electron chi connectivity index (χ4n) is 2.59. The van der Waals surface area contributed by atoms with Crippen LogP contribution in [0.15, 0.2) is 18.3 Å².